The standard InChI is InChI=1S/C8H15N3OS/c1-7-10-8(11-12-7)6-9-4-3-5-13-2/h9H,3-6H2,1-2H3. The molecule has 1 rings (SSSR count). The molecule has 0 unspecified atom stereocenters. The first-order chi connectivity index (χ1) is 6.33. The molecule has 0 aliphatic carbocycles. The molecule has 1 aromatic heterocycles. The number of hydrogen-bond acceptors (Lipinski definition) is 5. The molecule has 0 bridgehead atoms. The van der Waals surface area contributed by atoms with E-state index in [1.54, 1.807) is 6.92 Å². The summed E-state index contributed by atoms with van der Waals surface area (Å²) >= 11 is 1.86. The van der Waals surface area contributed by atoms with E-state index in [4.69, 9.17) is 4.52 Å². The first kappa shape index (κ1) is 10.5. The van der Waals surface area contributed by atoms with Crippen molar-refractivity contribution in [1.82, 2.24) is 15.5 Å². The van der Waals surface area contributed by atoms with E-state index in [0.717, 1.165) is 12.4 Å². The Morgan fingerprint density at radius 2 is 2.38 bits per heavy atom. The summed E-state index contributed by atoms with van der Waals surface area (Å²) in [6.45, 7) is 3.50. The largest absolute Gasteiger partial charge is 0.340 e. The maximum absolute atomic E-state index is 4.84. The van der Waals surface area contributed by atoms with Crippen molar-refractivity contribution in [1.29, 1.82) is 0 Å². The maximum Gasteiger partial charge on any atom is 0.223 e. The lowest BCUT2D eigenvalue weighted by Crippen LogP contribution is -2.16. The summed E-state index contributed by atoms with van der Waals surface area (Å²) in [5.74, 6) is 2.56. The Bertz CT molecular complexity index is 239. The maximum atomic E-state index is 4.84. The zero-order chi connectivity index (χ0) is 9.52. The third-order valence-electron chi connectivity index (χ3n) is 1.55. The van der Waals surface area contributed by atoms with E-state index >= 15 is 0 Å². The third-order valence-corrected chi connectivity index (χ3v) is 2.25. The second-order valence-electron chi connectivity index (χ2n) is 2.75. The molecule has 0 aliphatic rings. The predicted molar refractivity (Wildman–Crippen MR) is 53.7 cm³/mol. The van der Waals surface area contributed by atoms with Crippen LogP contribution >= 0.6 is 11.8 Å². The summed E-state index contributed by atoms with van der Waals surface area (Å²) in [7, 11) is 0. The molecule has 1 heterocycles. The summed E-state index contributed by atoms with van der Waals surface area (Å²) in [6.07, 6.45) is 3.29. The quantitative estimate of drug-likeness (QED) is 0.701. The lowest BCUT2D eigenvalue weighted by Gasteiger charge is -1.99. The second kappa shape index (κ2) is 5.99. The molecule has 0 radical (unpaired) electrons. The van der Waals surface area contributed by atoms with E-state index < -0.39 is 0 Å². The van der Waals surface area contributed by atoms with Gasteiger partial charge in [-0.1, -0.05) is 5.16 Å². The minimum Gasteiger partial charge on any atom is -0.340 e. The SMILES string of the molecule is CSCCCNCc1noc(C)n1. The molecule has 5 heteroatoms. The van der Waals surface area contributed by atoms with Crippen LogP contribution in [0.1, 0.15) is 18.1 Å². The first-order valence-electron chi connectivity index (χ1n) is 4.32. The van der Waals surface area contributed by atoms with Gasteiger partial charge >= 0.3 is 0 Å². The Kier molecular flexibility index (Phi) is 4.85. The van der Waals surface area contributed by atoms with Crippen molar-refractivity contribution in [2.75, 3.05) is 18.6 Å². The number of aryl methyl sites for hydroxylation is 1. The number of hydrogen-bond donors (Lipinski definition) is 1. The summed E-state index contributed by atoms with van der Waals surface area (Å²) < 4.78 is 4.84. The monoisotopic (exact) mass is 201 g/mol. The van der Waals surface area contributed by atoms with Crippen LogP contribution in [-0.4, -0.2) is 28.7 Å². The molecule has 0 atom stereocenters. The number of thioether (sulfide) groups is 1. The Balaban J connectivity index is 2.06. The number of nitrogens with zero attached hydrogens (tertiary/aromatic N) is 2. The predicted octanol–water partition coefficient (Wildman–Crippen LogP) is 1.22. The average molecular weight is 201 g/mol. The van der Waals surface area contributed by atoms with Crippen LogP contribution in [0.5, 0.6) is 0 Å². The molecule has 0 saturated carbocycles. The molecule has 1 N–H and O–H groups in total. The summed E-state index contributed by atoms with van der Waals surface area (Å²) in [6, 6.07) is 0. The molecule has 0 spiro atoms. The lowest BCUT2D eigenvalue weighted by molar-refractivity contribution is 0.385. The van der Waals surface area contributed by atoms with Crippen molar-refractivity contribution in [3.8, 4) is 0 Å². The number of aromatic nitrogens is 2. The molecule has 13 heavy (non-hydrogen) atoms. The molecule has 4 nitrogen and oxygen atoms in total. The van der Waals surface area contributed by atoms with Crippen LogP contribution in [0.25, 0.3) is 0 Å². The van der Waals surface area contributed by atoms with E-state index in [2.05, 4.69) is 21.7 Å². The van der Waals surface area contributed by atoms with Crippen LogP contribution in [0.2, 0.25) is 0 Å². The van der Waals surface area contributed by atoms with Gasteiger partial charge in [0.2, 0.25) is 5.89 Å². The van der Waals surface area contributed by atoms with Crippen LogP contribution in [-0.2, 0) is 6.54 Å². The molecule has 74 valence electrons. The van der Waals surface area contributed by atoms with Gasteiger partial charge in [-0.3, -0.25) is 0 Å². The lowest BCUT2D eigenvalue weighted by atomic mass is 10.4. The Morgan fingerprint density at radius 1 is 1.54 bits per heavy atom. The van der Waals surface area contributed by atoms with E-state index in [-0.39, 0.29) is 0 Å². The van der Waals surface area contributed by atoms with Gasteiger partial charge in [0.25, 0.3) is 0 Å². The first-order valence-corrected chi connectivity index (χ1v) is 5.71. The van der Waals surface area contributed by atoms with E-state index in [0.29, 0.717) is 12.4 Å². The van der Waals surface area contributed by atoms with Gasteiger partial charge in [-0.15, -0.1) is 0 Å². The molecular formula is C8H15N3OS. The minimum atomic E-state index is 0.626. The summed E-state index contributed by atoms with van der Waals surface area (Å²) in [4.78, 5) is 4.08. The molecule has 0 aliphatic heterocycles. The van der Waals surface area contributed by atoms with Crippen molar-refractivity contribution < 1.29 is 4.52 Å². The molecule has 0 saturated heterocycles. The normalized spacial score (nSPS) is 10.6. The fraction of sp³-hybridized carbons (Fsp3) is 0.750. The van der Waals surface area contributed by atoms with Gasteiger partial charge in [0, 0.05) is 6.92 Å². The van der Waals surface area contributed by atoms with E-state index in [1.807, 2.05) is 11.8 Å². The van der Waals surface area contributed by atoms with E-state index in [9.17, 15) is 0 Å². The Hall–Kier alpha value is -0.550. The highest BCUT2D eigenvalue weighted by molar-refractivity contribution is 7.98. The highest BCUT2D eigenvalue weighted by atomic mass is 32.2. The molecule has 1 aromatic rings. The molecule has 0 fully saturated rings. The van der Waals surface area contributed by atoms with Crippen molar-refractivity contribution in [2.45, 2.75) is 19.9 Å². The topological polar surface area (TPSA) is 51.0 Å². The molecular weight excluding hydrogens is 186 g/mol. The van der Waals surface area contributed by atoms with Crippen LogP contribution < -0.4 is 5.32 Å². The van der Waals surface area contributed by atoms with Gasteiger partial charge in [0.1, 0.15) is 0 Å². The smallest absolute Gasteiger partial charge is 0.223 e. The Morgan fingerprint density at radius 3 is 3.00 bits per heavy atom. The van der Waals surface area contributed by atoms with Gasteiger partial charge < -0.3 is 9.84 Å². The number of nitrogens with one attached hydrogen (secondary N) is 1. The fourth-order valence-corrected chi connectivity index (χ4v) is 1.39. The zero-order valence-corrected chi connectivity index (χ0v) is 8.86. The molecule has 0 aromatic carbocycles. The van der Waals surface area contributed by atoms with Crippen molar-refractivity contribution >= 4 is 11.8 Å². The van der Waals surface area contributed by atoms with Crippen LogP contribution in [0.4, 0.5) is 0 Å². The summed E-state index contributed by atoms with van der Waals surface area (Å²) in [5, 5.41) is 7.03. The van der Waals surface area contributed by atoms with Gasteiger partial charge in [0.05, 0.1) is 6.54 Å². The van der Waals surface area contributed by atoms with Gasteiger partial charge in [-0.05, 0) is 25.0 Å². The fourth-order valence-electron chi connectivity index (χ4n) is 0.955. The Labute approximate surface area is 82.5 Å². The minimum absolute atomic E-state index is 0.626. The average Bonchev–Trinajstić information content (AvgIpc) is 2.51. The number of rotatable bonds is 6. The third kappa shape index (κ3) is 4.28. The zero-order valence-electron chi connectivity index (χ0n) is 8.04. The van der Waals surface area contributed by atoms with Crippen LogP contribution in [0, 0.1) is 6.92 Å². The van der Waals surface area contributed by atoms with Gasteiger partial charge in [0.15, 0.2) is 5.82 Å². The molecule has 0 amide bonds. The van der Waals surface area contributed by atoms with Gasteiger partial charge in [-0.2, -0.15) is 16.7 Å². The van der Waals surface area contributed by atoms with Crippen molar-refractivity contribution in [3.63, 3.8) is 0 Å². The van der Waals surface area contributed by atoms with Crippen molar-refractivity contribution in [2.24, 2.45) is 0 Å². The van der Waals surface area contributed by atoms with Crippen LogP contribution in [0.3, 0.4) is 0 Å². The van der Waals surface area contributed by atoms with Crippen LogP contribution in [0.15, 0.2) is 4.52 Å². The summed E-state index contributed by atoms with van der Waals surface area (Å²) in [5.41, 5.74) is 0. The van der Waals surface area contributed by atoms with Crippen molar-refractivity contribution in [3.05, 3.63) is 11.7 Å². The van der Waals surface area contributed by atoms with E-state index in [1.165, 1.54) is 12.2 Å². The van der Waals surface area contributed by atoms with Gasteiger partial charge in [-0.25, -0.2) is 0 Å². The highest BCUT2D eigenvalue weighted by Crippen LogP contribution is 1.95. The highest BCUT2D eigenvalue weighted by Gasteiger charge is 1.99. The second-order valence-corrected chi connectivity index (χ2v) is 3.74.